The van der Waals surface area contributed by atoms with Crippen LogP contribution >= 0.6 is 0 Å². The molecule has 2 heterocycles. The Hall–Kier alpha value is -1.26. The summed E-state index contributed by atoms with van der Waals surface area (Å²) in [7, 11) is 0. The maximum atomic E-state index is 5.66. The van der Waals surface area contributed by atoms with Gasteiger partial charge in [-0.25, -0.2) is 0 Å². The largest absolute Gasteiger partial charge is 0.490 e. The summed E-state index contributed by atoms with van der Waals surface area (Å²) in [5, 5.41) is 6.93. The van der Waals surface area contributed by atoms with Crippen molar-refractivity contribution >= 4 is 5.69 Å². The Balaban J connectivity index is 1.68. The van der Waals surface area contributed by atoms with Crippen LogP contribution in [-0.2, 0) is 6.42 Å². The van der Waals surface area contributed by atoms with E-state index in [1.54, 1.807) is 0 Å². The summed E-state index contributed by atoms with van der Waals surface area (Å²) >= 11 is 0. The van der Waals surface area contributed by atoms with Gasteiger partial charge in [0.05, 0.1) is 5.69 Å². The number of anilines is 1. The third-order valence-corrected chi connectivity index (χ3v) is 4.55. The van der Waals surface area contributed by atoms with Gasteiger partial charge in [-0.2, -0.15) is 0 Å². The summed E-state index contributed by atoms with van der Waals surface area (Å²) in [6.07, 6.45) is 3.60. The molecule has 1 aromatic carbocycles. The fraction of sp³-hybridized carbons (Fsp3) is 0.647. The number of rotatable bonds is 4. The zero-order valence-electron chi connectivity index (χ0n) is 13.0. The second kappa shape index (κ2) is 7.14. The van der Waals surface area contributed by atoms with Crippen LogP contribution in [0.25, 0.3) is 0 Å². The molecule has 21 heavy (non-hydrogen) atoms. The van der Waals surface area contributed by atoms with Crippen molar-refractivity contribution in [1.82, 2.24) is 10.2 Å². The second-order valence-corrected chi connectivity index (χ2v) is 6.01. The molecular formula is C17H27N3O. The molecule has 2 aliphatic rings. The van der Waals surface area contributed by atoms with Crippen LogP contribution in [0, 0.1) is 0 Å². The van der Waals surface area contributed by atoms with Crippen LogP contribution in [0.5, 0.6) is 5.75 Å². The Labute approximate surface area is 127 Å². The van der Waals surface area contributed by atoms with Gasteiger partial charge in [0.25, 0.3) is 0 Å². The van der Waals surface area contributed by atoms with E-state index in [2.05, 4.69) is 40.7 Å². The normalized spacial score (nSPS) is 20.8. The number of nitrogens with one attached hydrogen (secondary N) is 2. The predicted molar refractivity (Wildman–Crippen MR) is 87.3 cm³/mol. The van der Waals surface area contributed by atoms with Crippen LogP contribution in [0.15, 0.2) is 18.2 Å². The van der Waals surface area contributed by atoms with Gasteiger partial charge in [-0.3, -0.25) is 4.90 Å². The molecule has 2 N–H and O–H groups in total. The highest BCUT2D eigenvalue weighted by Crippen LogP contribution is 2.29. The first-order chi connectivity index (χ1) is 10.4. The molecule has 0 radical (unpaired) electrons. The van der Waals surface area contributed by atoms with Crippen molar-refractivity contribution < 1.29 is 4.74 Å². The molecule has 1 unspecified atom stereocenters. The highest BCUT2D eigenvalue weighted by Gasteiger charge is 2.19. The SMILES string of the molecule is CCC(Cc1ccc2c(c1)NCCO2)N1CCCNCC1. The van der Waals surface area contributed by atoms with E-state index in [-0.39, 0.29) is 0 Å². The standard InChI is InChI=1S/C17H27N3O/c1-2-15(20-9-3-6-18-7-10-20)12-14-4-5-17-16(13-14)19-8-11-21-17/h4-5,13,15,18-19H,2-3,6-12H2,1H3. The van der Waals surface area contributed by atoms with Crippen LogP contribution in [0.4, 0.5) is 5.69 Å². The molecule has 116 valence electrons. The Bertz CT molecular complexity index is 455. The van der Waals surface area contributed by atoms with Crippen LogP contribution in [0.2, 0.25) is 0 Å². The highest BCUT2D eigenvalue weighted by atomic mass is 16.5. The molecule has 0 bridgehead atoms. The van der Waals surface area contributed by atoms with Crippen molar-refractivity contribution in [3.63, 3.8) is 0 Å². The number of nitrogens with zero attached hydrogens (tertiary/aromatic N) is 1. The third kappa shape index (κ3) is 3.69. The summed E-state index contributed by atoms with van der Waals surface area (Å²) in [6, 6.07) is 7.26. The first-order valence-corrected chi connectivity index (χ1v) is 8.31. The number of hydrogen-bond donors (Lipinski definition) is 2. The van der Waals surface area contributed by atoms with E-state index in [0.29, 0.717) is 6.04 Å². The topological polar surface area (TPSA) is 36.5 Å². The molecule has 4 nitrogen and oxygen atoms in total. The van der Waals surface area contributed by atoms with Gasteiger partial charge in [-0.1, -0.05) is 13.0 Å². The minimum absolute atomic E-state index is 0.646. The van der Waals surface area contributed by atoms with Crippen molar-refractivity contribution in [3.05, 3.63) is 23.8 Å². The molecule has 0 aliphatic carbocycles. The van der Waals surface area contributed by atoms with Crippen molar-refractivity contribution in [2.24, 2.45) is 0 Å². The third-order valence-electron chi connectivity index (χ3n) is 4.55. The van der Waals surface area contributed by atoms with Gasteiger partial charge in [0, 0.05) is 25.7 Å². The van der Waals surface area contributed by atoms with Gasteiger partial charge in [0.1, 0.15) is 12.4 Å². The van der Waals surface area contributed by atoms with E-state index in [1.165, 1.54) is 31.5 Å². The van der Waals surface area contributed by atoms with Crippen LogP contribution in [0.3, 0.4) is 0 Å². The maximum Gasteiger partial charge on any atom is 0.142 e. The minimum Gasteiger partial charge on any atom is -0.490 e. The van der Waals surface area contributed by atoms with E-state index in [9.17, 15) is 0 Å². The minimum atomic E-state index is 0.646. The Kier molecular flexibility index (Phi) is 4.99. The first kappa shape index (κ1) is 14.7. The lowest BCUT2D eigenvalue weighted by Gasteiger charge is -2.30. The summed E-state index contributed by atoms with van der Waals surface area (Å²) in [6.45, 7) is 8.66. The molecule has 0 saturated carbocycles. The maximum absolute atomic E-state index is 5.66. The van der Waals surface area contributed by atoms with Crippen LogP contribution < -0.4 is 15.4 Å². The van der Waals surface area contributed by atoms with Gasteiger partial charge in [0.2, 0.25) is 0 Å². The average Bonchev–Trinajstić information content (AvgIpc) is 2.81. The Morgan fingerprint density at radius 2 is 2.19 bits per heavy atom. The van der Waals surface area contributed by atoms with E-state index in [1.807, 2.05) is 0 Å². The number of fused-ring (bicyclic) bond motifs is 1. The highest BCUT2D eigenvalue weighted by molar-refractivity contribution is 5.59. The smallest absolute Gasteiger partial charge is 0.142 e. The zero-order chi connectivity index (χ0) is 14.5. The molecule has 1 atom stereocenters. The first-order valence-electron chi connectivity index (χ1n) is 8.31. The van der Waals surface area contributed by atoms with Crippen LogP contribution in [-0.4, -0.2) is 50.3 Å². The quantitative estimate of drug-likeness (QED) is 0.890. The summed E-state index contributed by atoms with van der Waals surface area (Å²) < 4.78 is 5.66. The predicted octanol–water partition coefficient (Wildman–Crippen LogP) is 2.11. The van der Waals surface area contributed by atoms with Crippen molar-refractivity contribution in [3.8, 4) is 5.75 Å². The molecule has 1 saturated heterocycles. The van der Waals surface area contributed by atoms with Gasteiger partial charge in [-0.15, -0.1) is 0 Å². The van der Waals surface area contributed by atoms with Gasteiger partial charge in [-0.05, 0) is 50.0 Å². The van der Waals surface area contributed by atoms with E-state index >= 15 is 0 Å². The lowest BCUT2D eigenvalue weighted by atomic mass is 10.0. The molecule has 0 amide bonds. The molecule has 0 aromatic heterocycles. The fourth-order valence-electron chi connectivity index (χ4n) is 3.35. The van der Waals surface area contributed by atoms with Crippen molar-refractivity contribution in [2.75, 3.05) is 44.6 Å². The summed E-state index contributed by atoms with van der Waals surface area (Å²) in [5.74, 6) is 0.997. The molecule has 1 fully saturated rings. The van der Waals surface area contributed by atoms with Gasteiger partial charge >= 0.3 is 0 Å². The Morgan fingerprint density at radius 3 is 3.10 bits per heavy atom. The monoisotopic (exact) mass is 289 g/mol. The van der Waals surface area contributed by atoms with E-state index < -0.39 is 0 Å². The molecular weight excluding hydrogens is 262 g/mol. The van der Waals surface area contributed by atoms with Crippen molar-refractivity contribution in [1.29, 1.82) is 0 Å². The molecule has 0 spiro atoms. The van der Waals surface area contributed by atoms with Crippen LogP contribution in [0.1, 0.15) is 25.3 Å². The molecule has 1 aromatic rings. The van der Waals surface area contributed by atoms with E-state index in [4.69, 9.17) is 4.74 Å². The second-order valence-electron chi connectivity index (χ2n) is 6.01. The van der Waals surface area contributed by atoms with Crippen molar-refractivity contribution in [2.45, 2.75) is 32.2 Å². The molecule has 2 aliphatic heterocycles. The number of hydrogen-bond acceptors (Lipinski definition) is 4. The van der Waals surface area contributed by atoms with E-state index in [0.717, 1.165) is 44.1 Å². The average molecular weight is 289 g/mol. The molecule has 4 heteroatoms. The Morgan fingerprint density at radius 1 is 1.24 bits per heavy atom. The van der Waals surface area contributed by atoms with Gasteiger partial charge < -0.3 is 15.4 Å². The summed E-state index contributed by atoms with van der Waals surface area (Å²) in [5.41, 5.74) is 2.57. The molecule has 3 rings (SSSR count). The number of benzene rings is 1. The lowest BCUT2D eigenvalue weighted by molar-refractivity contribution is 0.202. The van der Waals surface area contributed by atoms with Gasteiger partial charge in [0.15, 0.2) is 0 Å². The fourth-order valence-corrected chi connectivity index (χ4v) is 3.35. The summed E-state index contributed by atoms with van der Waals surface area (Å²) in [4.78, 5) is 2.66. The lowest BCUT2D eigenvalue weighted by Crippen LogP contribution is -2.38. The number of ether oxygens (including phenoxy) is 1. The zero-order valence-corrected chi connectivity index (χ0v) is 13.0.